The highest BCUT2D eigenvalue weighted by Gasteiger charge is 2.50. The Bertz CT molecular complexity index is 412. The highest BCUT2D eigenvalue weighted by molar-refractivity contribution is 7.09. The van der Waals surface area contributed by atoms with Gasteiger partial charge in [0.25, 0.3) is 0 Å². The van der Waals surface area contributed by atoms with Crippen LogP contribution in [0.15, 0.2) is 5.51 Å². The molecule has 0 aliphatic carbocycles. The van der Waals surface area contributed by atoms with Gasteiger partial charge >= 0.3 is 0 Å². The zero-order valence-corrected chi connectivity index (χ0v) is 14.4. The van der Waals surface area contributed by atoms with Gasteiger partial charge < -0.3 is 0 Å². The van der Waals surface area contributed by atoms with Crippen molar-refractivity contribution in [3.05, 3.63) is 16.1 Å². The molecule has 0 bridgehead atoms. The zero-order valence-electron chi connectivity index (χ0n) is 13.6. The van der Waals surface area contributed by atoms with Gasteiger partial charge in [-0.3, -0.25) is 4.90 Å². The van der Waals surface area contributed by atoms with Gasteiger partial charge in [-0.05, 0) is 24.7 Å². The van der Waals surface area contributed by atoms with Gasteiger partial charge in [0, 0.05) is 10.9 Å². The molecule has 2 nitrogen and oxygen atoms in total. The lowest BCUT2D eigenvalue weighted by atomic mass is 9.83. The van der Waals surface area contributed by atoms with Gasteiger partial charge in [0.2, 0.25) is 0 Å². The number of aromatic nitrogens is 1. The molecule has 0 amide bonds. The average Bonchev–Trinajstić information content (AvgIpc) is 2.68. The molecule has 2 atom stereocenters. The van der Waals surface area contributed by atoms with Crippen LogP contribution in [-0.2, 0) is 0 Å². The smallest absolute Gasteiger partial charge is 0.0799 e. The Morgan fingerprint density at radius 3 is 2.00 bits per heavy atom. The summed E-state index contributed by atoms with van der Waals surface area (Å²) >= 11 is 1.84. The molecule has 2 unspecified atom stereocenters. The summed E-state index contributed by atoms with van der Waals surface area (Å²) in [7, 11) is 0. The lowest BCUT2D eigenvalue weighted by Crippen LogP contribution is -2.42. The minimum Gasteiger partial charge on any atom is -0.283 e. The first-order valence-corrected chi connectivity index (χ1v) is 8.14. The van der Waals surface area contributed by atoms with E-state index in [1.165, 1.54) is 10.6 Å². The minimum absolute atomic E-state index is 0.215. The zero-order chi connectivity index (χ0) is 14.6. The third-order valence-electron chi connectivity index (χ3n) is 3.96. The summed E-state index contributed by atoms with van der Waals surface area (Å²) < 4.78 is 0. The van der Waals surface area contributed by atoms with E-state index in [1.807, 2.05) is 16.8 Å². The van der Waals surface area contributed by atoms with Gasteiger partial charge in [0.1, 0.15) is 0 Å². The number of fused-ring (bicyclic) bond motifs is 1. The predicted molar refractivity (Wildman–Crippen MR) is 83.5 cm³/mol. The van der Waals surface area contributed by atoms with E-state index >= 15 is 0 Å². The molecule has 0 spiro atoms. The highest BCUT2D eigenvalue weighted by atomic mass is 32.1. The molecule has 1 aromatic heterocycles. The first kappa shape index (κ1) is 15.0. The van der Waals surface area contributed by atoms with Gasteiger partial charge in [-0.25, -0.2) is 4.98 Å². The van der Waals surface area contributed by atoms with Crippen LogP contribution >= 0.6 is 11.3 Å². The Hall–Kier alpha value is -0.410. The number of thiazole rings is 1. The molecule has 3 heteroatoms. The van der Waals surface area contributed by atoms with Crippen molar-refractivity contribution in [2.24, 2.45) is 10.8 Å². The fourth-order valence-electron chi connectivity index (χ4n) is 3.39. The van der Waals surface area contributed by atoms with Crippen LogP contribution in [0.5, 0.6) is 0 Å². The van der Waals surface area contributed by atoms with E-state index < -0.39 is 0 Å². The Morgan fingerprint density at radius 1 is 1.05 bits per heavy atom. The molecule has 0 aromatic carbocycles. The molecule has 2 rings (SSSR count). The molecule has 0 N–H and O–H groups in total. The van der Waals surface area contributed by atoms with Crippen LogP contribution in [0.2, 0.25) is 0 Å². The molecule has 0 saturated carbocycles. The second-order valence-electron chi connectivity index (χ2n) is 8.18. The monoisotopic (exact) mass is 280 g/mol. The lowest BCUT2D eigenvalue weighted by Gasteiger charge is -2.44. The molecule has 0 radical (unpaired) electrons. The first-order valence-electron chi connectivity index (χ1n) is 7.26. The Labute approximate surface area is 122 Å². The molecule has 0 fully saturated rings. The standard InChI is InChI=1S/C16H28N2S/c1-10(2)18-13(15(3,4)5)11-12(19-9-17-11)14(18)16(6,7)8/h9-10,13-14H,1-8H3. The fourth-order valence-corrected chi connectivity index (χ4v) is 4.56. The van der Waals surface area contributed by atoms with Crippen molar-refractivity contribution in [2.45, 2.75) is 73.5 Å². The van der Waals surface area contributed by atoms with Crippen molar-refractivity contribution in [3.8, 4) is 0 Å². The van der Waals surface area contributed by atoms with Crippen LogP contribution in [0.1, 0.15) is 78.0 Å². The maximum Gasteiger partial charge on any atom is 0.0799 e. The molecule has 1 aliphatic heterocycles. The first-order chi connectivity index (χ1) is 8.55. The Balaban J connectivity index is 2.58. The topological polar surface area (TPSA) is 16.1 Å². The van der Waals surface area contributed by atoms with E-state index in [0.717, 1.165) is 0 Å². The maximum atomic E-state index is 4.72. The van der Waals surface area contributed by atoms with E-state index in [9.17, 15) is 0 Å². The number of rotatable bonds is 1. The Kier molecular flexibility index (Phi) is 3.60. The summed E-state index contributed by atoms with van der Waals surface area (Å²) in [5, 5.41) is 0. The van der Waals surface area contributed by atoms with Gasteiger partial charge in [0.05, 0.1) is 23.3 Å². The Morgan fingerprint density at radius 2 is 1.58 bits per heavy atom. The van der Waals surface area contributed by atoms with Crippen LogP contribution in [0.4, 0.5) is 0 Å². The van der Waals surface area contributed by atoms with E-state index in [2.05, 4.69) is 60.3 Å². The summed E-state index contributed by atoms with van der Waals surface area (Å²) in [5.41, 5.74) is 3.81. The number of hydrogen-bond acceptors (Lipinski definition) is 3. The maximum absolute atomic E-state index is 4.72. The van der Waals surface area contributed by atoms with Crippen molar-refractivity contribution >= 4 is 11.3 Å². The average molecular weight is 280 g/mol. The second kappa shape index (κ2) is 4.56. The summed E-state index contributed by atoms with van der Waals surface area (Å²) in [4.78, 5) is 8.89. The van der Waals surface area contributed by atoms with Gasteiger partial charge in [0.15, 0.2) is 0 Å². The molecule has 19 heavy (non-hydrogen) atoms. The van der Waals surface area contributed by atoms with E-state index in [4.69, 9.17) is 4.98 Å². The van der Waals surface area contributed by atoms with Crippen LogP contribution in [0.3, 0.4) is 0 Å². The van der Waals surface area contributed by atoms with Crippen molar-refractivity contribution in [1.29, 1.82) is 0 Å². The van der Waals surface area contributed by atoms with Crippen molar-refractivity contribution in [2.75, 3.05) is 0 Å². The SMILES string of the molecule is CC(C)N1C(C(C)(C)C)c2ncsc2C1C(C)(C)C. The van der Waals surface area contributed by atoms with Crippen LogP contribution in [0, 0.1) is 10.8 Å². The molecule has 1 aromatic rings. The predicted octanol–water partition coefficient (Wildman–Crippen LogP) is 5.04. The van der Waals surface area contributed by atoms with Crippen molar-refractivity contribution in [3.63, 3.8) is 0 Å². The van der Waals surface area contributed by atoms with E-state index in [1.54, 1.807) is 0 Å². The van der Waals surface area contributed by atoms with Crippen molar-refractivity contribution in [1.82, 2.24) is 9.88 Å². The molecule has 0 saturated heterocycles. The van der Waals surface area contributed by atoms with Crippen LogP contribution in [-0.4, -0.2) is 15.9 Å². The summed E-state index contributed by atoms with van der Waals surface area (Å²) in [6.07, 6.45) is 0. The molecular formula is C16H28N2S. The van der Waals surface area contributed by atoms with Gasteiger partial charge in [-0.1, -0.05) is 41.5 Å². The highest BCUT2D eigenvalue weighted by Crippen LogP contribution is 2.56. The fraction of sp³-hybridized carbons (Fsp3) is 0.812. The number of hydrogen-bond donors (Lipinski definition) is 0. The molecule has 1 aliphatic rings. The summed E-state index contributed by atoms with van der Waals surface area (Å²) in [6, 6.07) is 1.45. The van der Waals surface area contributed by atoms with Gasteiger partial charge in [-0.2, -0.15) is 0 Å². The third kappa shape index (κ3) is 2.47. The minimum atomic E-state index is 0.215. The quantitative estimate of drug-likeness (QED) is 0.716. The van der Waals surface area contributed by atoms with Gasteiger partial charge in [-0.15, -0.1) is 11.3 Å². The van der Waals surface area contributed by atoms with E-state index in [0.29, 0.717) is 18.1 Å². The number of nitrogens with zero attached hydrogens (tertiary/aromatic N) is 2. The normalized spacial score (nSPS) is 25.1. The van der Waals surface area contributed by atoms with E-state index in [-0.39, 0.29) is 10.8 Å². The summed E-state index contributed by atoms with van der Waals surface area (Å²) in [5.74, 6) is 0. The lowest BCUT2D eigenvalue weighted by molar-refractivity contribution is 0.00523. The second-order valence-corrected chi connectivity index (χ2v) is 9.07. The molecular weight excluding hydrogens is 252 g/mol. The largest absolute Gasteiger partial charge is 0.283 e. The van der Waals surface area contributed by atoms with Crippen LogP contribution < -0.4 is 0 Å². The van der Waals surface area contributed by atoms with Crippen LogP contribution in [0.25, 0.3) is 0 Å². The summed E-state index contributed by atoms with van der Waals surface area (Å²) in [6.45, 7) is 18.7. The third-order valence-corrected chi connectivity index (χ3v) is 4.86. The molecule has 108 valence electrons. The van der Waals surface area contributed by atoms with Crippen molar-refractivity contribution < 1.29 is 0 Å². The molecule has 2 heterocycles.